The van der Waals surface area contributed by atoms with Gasteiger partial charge in [-0.25, -0.2) is 9.97 Å². The number of anilines is 1. The number of likely N-dealkylation sites (N-methyl/N-ethyl adjacent to an activating group) is 1. The standard InChI is InChI=1S/C39H40N6O2/c1-24-31(4-3-5-35(24)44-16-17-47-36-18-28(26-10-11-26)12-15-32(36)39(44)46)37-33-19-34(42-38(33)41-23-40-37)27-8-6-25(7-9-27)20-45-29-13-14-30(45)22-43(2)21-29/h3-9,12,15,18-19,23,26,29-30H,10-11,13-14,16-17,20-22H2,1-2H3,(H,40,41,42). The molecule has 2 saturated heterocycles. The van der Waals surface area contributed by atoms with Gasteiger partial charge in [-0.2, -0.15) is 0 Å². The van der Waals surface area contributed by atoms with Crippen molar-refractivity contribution in [1.29, 1.82) is 0 Å². The van der Waals surface area contributed by atoms with Crippen LogP contribution in [0.5, 0.6) is 5.75 Å². The van der Waals surface area contributed by atoms with Crippen LogP contribution in [0.25, 0.3) is 33.5 Å². The zero-order chi connectivity index (χ0) is 31.6. The van der Waals surface area contributed by atoms with E-state index < -0.39 is 0 Å². The van der Waals surface area contributed by atoms with Gasteiger partial charge < -0.3 is 19.5 Å². The van der Waals surface area contributed by atoms with Gasteiger partial charge in [-0.1, -0.05) is 42.5 Å². The molecule has 2 unspecified atom stereocenters. The molecular formula is C39H40N6O2. The molecular weight excluding hydrogens is 584 g/mol. The van der Waals surface area contributed by atoms with Gasteiger partial charge in [0.25, 0.3) is 5.91 Å². The number of hydrogen-bond acceptors (Lipinski definition) is 6. The molecule has 1 amide bonds. The number of nitrogens with one attached hydrogen (secondary N) is 1. The summed E-state index contributed by atoms with van der Waals surface area (Å²) in [6.07, 6.45) is 6.68. The third kappa shape index (κ3) is 5.11. The van der Waals surface area contributed by atoms with E-state index in [2.05, 4.69) is 82.3 Å². The Morgan fingerprint density at radius 3 is 2.51 bits per heavy atom. The number of H-pyrrole nitrogens is 1. The van der Waals surface area contributed by atoms with Gasteiger partial charge >= 0.3 is 0 Å². The van der Waals surface area contributed by atoms with Crippen molar-refractivity contribution in [2.24, 2.45) is 0 Å². The van der Waals surface area contributed by atoms with E-state index in [0.29, 0.717) is 42.5 Å². The summed E-state index contributed by atoms with van der Waals surface area (Å²) in [4.78, 5) is 33.9. The number of piperazine rings is 1. The van der Waals surface area contributed by atoms with Crippen molar-refractivity contribution in [3.8, 4) is 28.3 Å². The number of aromatic nitrogens is 3. The summed E-state index contributed by atoms with van der Waals surface area (Å²) < 4.78 is 6.12. The number of carbonyl (C=O) groups is 1. The van der Waals surface area contributed by atoms with E-state index in [9.17, 15) is 4.79 Å². The van der Waals surface area contributed by atoms with Gasteiger partial charge in [0.15, 0.2) is 0 Å². The maximum absolute atomic E-state index is 13.9. The zero-order valence-corrected chi connectivity index (χ0v) is 27.1. The van der Waals surface area contributed by atoms with Crippen LogP contribution in [0.2, 0.25) is 0 Å². The van der Waals surface area contributed by atoms with Gasteiger partial charge in [-0.15, -0.1) is 0 Å². The highest BCUT2D eigenvalue weighted by Crippen LogP contribution is 2.43. The third-order valence-electron chi connectivity index (χ3n) is 10.8. The molecule has 2 bridgehead atoms. The number of hydrogen-bond donors (Lipinski definition) is 1. The predicted molar refractivity (Wildman–Crippen MR) is 185 cm³/mol. The van der Waals surface area contributed by atoms with E-state index >= 15 is 0 Å². The van der Waals surface area contributed by atoms with Gasteiger partial charge in [-0.3, -0.25) is 9.69 Å². The molecule has 3 aromatic carbocycles. The van der Waals surface area contributed by atoms with Crippen molar-refractivity contribution in [3.63, 3.8) is 0 Å². The minimum atomic E-state index is -0.0272. The second kappa shape index (κ2) is 11.3. The minimum absolute atomic E-state index is 0.0272. The van der Waals surface area contributed by atoms with E-state index in [1.54, 1.807) is 6.33 Å². The van der Waals surface area contributed by atoms with Gasteiger partial charge in [0.1, 0.15) is 24.3 Å². The monoisotopic (exact) mass is 624 g/mol. The van der Waals surface area contributed by atoms with Crippen molar-refractivity contribution in [3.05, 3.63) is 95.3 Å². The maximum atomic E-state index is 13.9. The van der Waals surface area contributed by atoms with Crippen molar-refractivity contribution in [2.75, 3.05) is 38.2 Å². The van der Waals surface area contributed by atoms with Crippen molar-refractivity contribution in [2.45, 2.75) is 57.2 Å². The van der Waals surface area contributed by atoms with E-state index in [0.717, 1.165) is 51.3 Å². The molecule has 0 radical (unpaired) electrons. The first-order valence-corrected chi connectivity index (χ1v) is 17.1. The van der Waals surface area contributed by atoms with Crippen molar-refractivity contribution in [1.82, 2.24) is 24.8 Å². The lowest BCUT2D eigenvalue weighted by atomic mass is 10.00. The number of amides is 1. The highest BCUT2D eigenvalue weighted by atomic mass is 16.5. The molecule has 3 aliphatic heterocycles. The lowest BCUT2D eigenvalue weighted by molar-refractivity contribution is 0.0760. The number of carbonyl (C=O) groups excluding carboxylic acids is 1. The van der Waals surface area contributed by atoms with Gasteiger partial charge in [0.05, 0.1) is 17.8 Å². The van der Waals surface area contributed by atoms with Gasteiger partial charge in [-0.05, 0) is 92.1 Å². The molecule has 3 fully saturated rings. The van der Waals surface area contributed by atoms with Crippen molar-refractivity contribution < 1.29 is 9.53 Å². The van der Waals surface area contributed by atoms with E-state index in [1.165, 1.54) is 49.9 Å². The number of rotatable bonds is 6. The molecule has 0 spiro atoms. The molecule has 238 valence electrons. The lowest BCUT2D eigenvalue weighted by Gasteiger charge is -2.39. The first kappa shape index (κ1) is 28.7. The molecule has 8 heteroatoms. The van der Waals surface area contributed by atoms with Crippen LogP contribution in [-0.4, -0.2) is 76.0 Å². The number of nitrogens with zero attached hydrogens (tertiary/aromatic N) is 5. The minimum Gasteiger partial charge on any atom is -0.491 e. The van der Waals surface area contributed by atoms with Crippen LogP contribution in [0, 0.1) is 6.92 Å². The lowest BCUT2D eigenvalue weighted by Crippen LogP contribution is -2.51. The Bertz CT molecular complexity index is 1980. The summed E-state index contributed by atoms with van der Waals surface area (Å²) in [6, 6.07) is 24.7. The molecule has 1 N–H and O–H groups in total. The fourth-order valence-electron chi connectivity index (χ4n) is 8.17. The normalized spacial score (nSPS) is 21.6. The summed E-state index contributed by atoms with van der Waals surface area (Å²) in [5.74, 6) is 1.28. The maximum Gasteiger partial charge on any atom is 0.262 e. The fraction of sp³-hybridized carbons (Fsp3) is 0.359. The summed E-state index contributed by atoms with van der Waals surface area (Å²) >= 11 is 0. The average Bonchev–Trinajstić information content (AvgIpc) is 3.82. The van der Waals surface area contributed by atoms with E-state index in [-0.39, 0.29) is 5.91 Å². The number of aromatic amines is 1. The number of likely N-dealkylation sites (tertiary alicyclic amines) is 1. The molecule has 5 aromatic rings. The van der Waals surface area contributed by atoms with Crippen LogP contribution < -0.4 is 9.64 Å². The van der Waals surface area contributed by atoms with Crippen LogP contribution in [0.3, 0.4) is 0 Å². The molecule has 2 atom stereocenters. The first-order chi connectivity index (χ1) is 23.0. The van der Waals surface area contributed by atoms with Crippen LogP contribution in [0.15, 0.2) is 73.1 Å². The molecule has 5 heterocycles. The Labute approximate surface area is 275 Å². The van der Waals surface area contributed by atoms with E-state index in [4.69, 9.17) is 9.72 Å². The largest absolute Gasteiger partial charge is 0.491 e. The smallest absolute Gasteiger partial charge is 0.262 e. The van der Waals surface area contributed by atoms with Crippen LogP contribution in [0.4, 0.5) is 5.69 Å². The Hall–Kier alpha value is -4.53. The van der Waals surface area contributed by atoms with E-state index in [1.807, 2.05) is 23.1 Å². The molecule has 8 nitrogen and oxygen atoms in total. The summed E-state index contributed by atoms with van der Waals surface area (Å²) in [7, 11) is 2.25. The van der Waals surface area contributed by atoms with Gasteiger partial charge in [0.2, 0.25) is 0 Å². The number of fused-ring (bicyclic) bond motifs is 4. The number of benzene rings is 3. The SMILES string of the molecule is Cc1c(-c2ncnc3[nH]c(-c4ccc(CN5C6CCC5CN(C)C6)cc4)cc23)cccc1N1CCOc2cc(C3CC3)ccc2C1=O. The second-order valence-corrected chi connectivity index (χ2v) is 13.9. The molecule has 47 heavy (non-hydrogen) atoms. The van der Waals surface area contributed by atoms with Gasteiger partial charge in [0, 0.05) is 54.0 Å². The Kier molecular flexibility index (Phi) is 6.90. The molecule has 2 aromatic heterocycles. The molecule has 1 saturated carbocycles. The predicted octanol–water partition coefficient (Wildman–Crippen LogP) is 6.80. The van der Waals surface area contributed by atoms with Crippen LogP contribution in [0.1, 0.15) is 58.6 Å². The zero-order valence-electron chi connectivity index (χ0n) is 27.1. The third-order valence-corrected chi connectivity index (χ3v) is 10.8. The average molecular weight is 625 g/mol. The quantitative estimate of drug-likeness (QED) is 0.224. The fourth-order valence-corrected chi connectivity index (χ4v) is 8.17. The highest BCUT2D eigenvalue weighted by molar-refractivity contribution is 6.09. The number of ether oxygens (including phenoxy) is 1. The van der Waals surface area contributed by atoms with Crippen LogP contribution >= 0.6 is 0 Å². The second-order valence-electron chi connectivity index (χ2n) is 13.9. The first-order valence-electron chi connectivity index (χ1n) is 17.1. The Morgan fingerprint density at radius 1 is 0.915 bits per heavy atom. The Morgan fingerprint density at radius 2 is 1.72 bits per heavy atom. The summed E-state index contributed by atoms with van der Waals surface area (Å²) in [5.41, 5.74) is 9.92. The molecule has 4 aliphatic rings. The summed E-state index contributed by atoms with van der Waals surface area (Å²) in [6.45, 7) is 6.37. The molecule has 9 rings (SSSR count). The highest BCUT2D eigenvalue weighted by Gasteiger charge is 2.38. The molecule has 1 aliphatic carbocycles. The van der Waals surface area contributed by atoms with Crippen LogP contribution in [-0.2, 0) is 6.54 Å². The van der Waals surface area contributed by atoms with Crippen molar-refractivity contribution >= 4 is 22.6 Å². The Balaban J connectivity index is 0.998. The summed E-state index contributed by atoms with van der Waals surface area (Å²) in [5, 5.41) is 0.962. The topological polar surface area (TPSA) is 77.6 Å².